The Morgan fingerprint density at radius 1 is 1.56 bits per heavy atom. The van der Waals surface area contributed by atoms with E-state index in [0.29, 0.717) is 23.2 Å². The Morgan fingerprint density at radius 3 is 2.75 bits per heavy atom. The molecule has 1 aliphatic rings. The second-order valence-electron chi connectivity index (χ2n) is 3.98. The number of aromatic hydroxyl groups is 1. The van der Waals surface area contributed by atoms with Crippen molar-refractivity contribution < 1.29 is 9.90 Å². The first-order valence-corrected chi connectivity index (χ1v) is 5.80. The van der Waals surface area contributed by atoms with Crippen molar-refractivity contribution in [3.8, 4) is 5.75 Å². The van der Waals surface area contributed by atoms with Gasteiger partial charge in [-0.2, -0.15) is 0 Å². The van der Waals surface area contributed by atoms with Gasteiger partial charge < -0.3 is 10.0 Å². The van der Waals surface area contributed by atoms with Gasteiger partial charge in [0.1, 0.15) is 5.75 Å². The largest absolute Gasteiger partial charge is 0.507 e. The van der Waals surface area contributed by atoms with Gasteiger partial charge >= 0.3 is 0 Å². The van der Waals surface area contributed by atoms with E-state index in [4.69, 9.17) is 11.6 Å². The zero-order valence-electron chi connectivity index (χ0n) is 9.11. The summed E-state index contributed by atoms with van der Waals surface area (Å²) in [6, 6.07) is 4.95. The number of carbonyl (C=O) groups is 1. The van der Waals surface area contributed by atoms with Crippen LogP contribution in [-0.2, 0) is 0 Å². The molecule has 2 rings (SSSR count). The Hall–Kier alpha value is -1.22. The molecule has 16 heavy (non-hydrogen) atoms. The summed E-state index contributed by atoms with van der Waals surface area (Å²) in [5.74, 6) is -0.157. The molecule has 4 heteroatoms. The summed E-state index contributed by atoms with van der Waals surface area (Å²) in [5, 5.41) is 10.1. The minimum Gasteiger partial charge on any atom is -0.507 e. The number of hydrogen-bond acceptors (Lipinski definition) is 2. The van der Waals surface area contributed by atoms with Gasteiger partial charge in [0.05, 0.1) is 5.56 Å². The van der Waals surface area contributed by atoms with Crippen molar-refractivity contribution in [3.63, 3.8) is 0 Å². The molecule has 1 aromatic rings. The van der Waals surface area contributed by atoms with Gasteiger partial charge in [-0.3, -0.25) is 4.79 Å². The summed E-state index contributed by atoms with van der Waals surface area (Å²) >= 11 is 5.73. The highest BCUT2D eigenvalue weighted by atomic mass is 35.5. The number of rotatable bonds is 3. The van der Waals surface area contributed by atoms with Crippen LogP contribution in [0.4, 0.5) is 0 Å². The molecular formula is C12H14ClNO2. The highest BCUT2D eigenvalue weighted by Crippen LogP contribution is 2.30. The molecule has 0 heterocycles. The molecule has 0 unspecified atom stereocenters. The van der Waals surface area contributed by atoms with E-state index in [2.05, 4.69) is 0 Å². The average molecular weight is 240 g/mol. The molecule has 3 nitrogen and oxygen atoms in total. The van der Waals surface area contributed by atoms with E-state index in [0.717, 1.165) is 12.8 Å². The molecule has 0 aliphatic heterocycles. The first kappa shape index (κ1) is 11.3. The van der Waals surface area contributed by atoms with Crippen molar-refractivity contribution in [2.24, 2.45) is 0 Å². The Balaban J connectivity index is 2.25. The zero-order chi connectivity index (χ0) is 11.7. The Bertz CT molecular complexity index is 415. The van der Waals surface area contributed by atoms with E-state index in [-0.39, 0.29) is 11.7 Å². The molecule has 0 atom stereocenters. The van der Waals surface area contributed by atoms with Crippen molar-refractivity contribution in [2.75, 3.05) is 6.54 Å². The molecular weight excluding hydrogens is 226 g/mol. The van der Waals surface area contributed by atoms with E-state index >= 15 is 0 Å². The van der Waals surface area contributed by atoms with Gasteiger partial charge in [0.15, 0.2) is 0 Å². The quantitative estimate of drug-likeness (QED) is 0.881. The fraction of sp³-hybridized carbons (Fsp3) is 0.417. The minimum absolute atomic E-state index is 0.0448. The third-order valence-electron chi connectivity index (χ3n) is 2.78. The molecule has 0 spiro atoms. The third-order valence-corrected chi connectivity index (χ3v) is 3.01. The molecule has 0 bridgehead atoms. The maximum atomic E-state index is 12.1. The van der Waals surface area contributed by atoms with Crippen LogP contribution in [0.15, 0.2) is 18.2 Å². The van der Waals surface area contributed by atoms with Crippen LogP contribution in [0.3, 0.4) is 0 Å². The van der Waals surface area contributed by atoms with E-state index in [9.17, 15) is 9.90 Å². The molecule has 1 fully saturated rings. The predicted molar refractivity (Wildman–Crippen MR) is 62.8 cm³/mol. The molecule has 86 valence electrons. The van der Waals surface area contributed by atoms with Gasteiger partial charge in [0.25, 0.3) is 5.91 Å². The topological polar surface area (TPSA) is 40.5 Å². The Labute approximate surface area is 99.6 Å². The standard InChI is InChI=1S/C12H14ClNO2/c1-2-14(9-4-5-9)12(16)10-6-3-8(13)7-11(10)15/h3,6-7,9,15H,2,4-5H2,1H3. The molecule has 1 N–H and O–H groups in total. The second kappa shape index (κ2) is 4.34. The lowest BCUT2D eigenvalue weighted by Gasteiger charge is -2.20. The summed E-state index contributed by atoms with van der Waals surface area (Å²) in [5.41, 5.74) is 0.332. The summed E-state index contributed by atoms with van der Waals surface area (Å²) in [6.07, 6.45) is 2.13. The summed E-state index contributed by atoms with van der Waals surface area (Å²) in [4.78, 5) is 13.9. The monoisotopic (exact) mass is 239 g/mol. The van der Waals surface area contributed by atoms with Crippen LogP contribution in [0, 0.1) is 0 Å². The molecule has 1 amide bonds. The van der Waals surface area contributed by atoms with Crippen LogP contribution < -0.4 is 0 Å². The van der Waals surface area contributed by atoms with E-state index in [1.54, 1.807) is 17.0 Å². The van der Waals surface area contributed by atoms with Crippen molar-refractivity contribution in [1.82, 2.24) is 4.90 Å². The highest BCUT2D eigenvalue weighted by Gasteiger charge is 2.32. The van der Waals surface area contributed by atoms with Crippen LogP contribution in [0.1, 0.15) is 30.1 Å². The number of nitrogens with zero attached hydrogens (tertiary/aromatic N) is 1. The fourth-order valence-electron chi connectivity index (χ4n) is 1.79. The fourth-order valence-corrected chi connectivity index (χ4v) is 1.96. The lowest BCUT2D eigenvalue weighted by molar-refractivity contribution is 0.0749. The van der Waals surface area contributed by atoms with Crippen LogP contribution in [0.5, 0.6) is 5.75 Å². The maximum absolute atomic E-state index is 12.1. The number of hydrogen-bond donors (Lipinski definition) is 1. The average Bonchev–Trinajstić information content (AvgIpc) is 3.02. The van der Waals surface area contributed by atoms with Crippen LogP contribution in [-0.4, -0.2) is 28.5 Å². The van der Waals surface area contributed by atoms with Gasteiger partial charge in [0, 0.05) is 17.6 Å². The van der Waals surface area contributed by atoms with Crippen molar-refractivity contribution in [1.29, 1.82) is 0 Å². The first-order chi connectivity index (χ1) is 7.63. The molecule has 0 radical (unpaired) electrons. The molecule has 1 aliphatic carbocycles. The molecule has 0 aromatic heterocycles. The van der Waals surface area contributed by atoms with Gasteiger partial charge in [-0.05, 0) is 38.0 Å². The zero-order valence-corrected chi connectivity index (χ0v) is 9.87. The minimum atomic E-state index is -0.112. The van der Waals surface area contributed by atoms with Gasteiger partial charge in [-0.25, -0.2) is 0 Å². The van der Waals surface area contributed by atoms with E-state index in [1.165, 1.54) is 6.07 Å². The maximum Gasteiger partial charge on any atom is 0.257 e. The molecule has 0 saturated heterocycles. The lowest BCUT2D eigenvalue weighted by atomic mass is 10.1. The third kappa shape index (κ3) is 2.14. The molecule has 1 saturated carbocycles. The summed E-state index contributed by atoms with van der Waals surface area (Å²) < 4.78 is 0. The number of amides is 1. The van der Waals surface area contributed by atoms with Gasteiger partial charge in [0.2, 0.25) is 0 Å². The van der Waals surface area contributed by atoms with Crippen molar-refractivity contribution in [3.05, 3.63) is 28.8 Å². The highest BCUT2D eigenvalue weighted by molar-refractivity contribution is 6.30. The van der Waals surface area contributed by atoms with E-state index < -0.39 is 0 Å². The lowest BCUT2D eigenvalue weighted by Crippen LogP contribution is -2.32. The van der Waals surface area contributed by atoms with Gasteiger partial charge in [-0.1, -0.05) is 11.6 Å². The Morgan fingerprint density at radius 2 is 2.25 bits per heavy atom. The smallest absolute Gasteiger partial charge is 0.257 e. The van der Waals surface area contributed by atoms with Crippen LogP contribution >= 0.6 is 11.6 Å². The molecule has 1 aromatic carbocycles. The Kier molecular flexibility index (Phi) is 3.06. The number of phenols is 1. The normalized spacial score (nSPS) is 14.9. The SMILES string of the molecule is CCN(C(=O)c1ccc(Cl)cc1O)C1CC1. The second-order valence-corrected chi connectivity index (χ2v) is 4.42. The number of carbonyl (C=O) groups excluding carboxylic acids is 1. The van der Waals surface area contributed by atoms with Gasteiger partial charge in [-0.15, -0.1) is 0 Å². The van der Waals surface area contributed by atoms with Crippen molar-refractivity contribution in [2.45, 2.75) is 25.8 Å². The number of phenolic OH excluding ortho intramolecular Hbond substituents is 1. The van der Waals surface area contributed by atoms with Crippen LogP contribution in [0.2, 0.25) is 5.02 Å². The van der Waals surface area contributed by atoms with Crippen LogP contribution in [0.25, 0.3) is 0 Å². The van der Waals surface area contributed by atoms with Crippen molar-refractivity contribution >= 4 is 17.5 Å². The number of benzene rings is 1. The first-order valence-electron chi connectivity index (χ1n) is 5.43. The summed E-state index contributed by atoms with van der Waals surface area (Å²) in [6.45, 7) is 2.62. The number of halogens is 1. The predicted octanol–water partition coefficient (Wildman–Crippen LogP) is 2.67. The summed E-state index contributed by atoms with van der Waals surface area (Å²) in [7, 11) is 0. The van der Waals surface area contributed by atoms with E-state index in [1.807, 2.05) is 6.92 Å².